The Morgan fingerprint density at radius 2 is 2.24 bits per heavy atom. The minimum atomic E-state index is -3.49. The van der Waals surface area contributed by atoms with Crippen molar-refractivity contribution >= 4 is 10.0 Å². The fraction of sp³-hybridized carbons (Fsp3) is 0.364. The summed E-state index contributed by atoms with van der Waals surface area (Å²) >= 11 is 0. The first-order valence-corrected chi connectivity index (χ1v) is 6.72. The van der Waals surface area contributed by atoms with E-state index in [4.69, 9.17) is 10.00 Å². The van der Waals surface area contributed by atoms with Gasteiger partial charge in [-0.15, -0.1) is 0 Å². The lowest BCUT2D eigenvalue weighted by Gasteiger charge is -2.07. The molecule has 0 aliphatic carbocycles. The zero-order valence-corrected chi connectivity index (χ0v) is 10.3. The number of hydrogen-bond acceptors (Lipinski definition) is 4. The molecule has 92 valence electrons. The van der Waals surface area contributed by atoms with Gasteiger partial charge < -0.3 is 4.74 Å². The van der Waals surface area contributed by atoms with Gasteiger partial charge in [0.15, 0.2) is 5.75 Å². The minimum absolute atomic E-state index is 0.151. The molecule has 0 saturated heterocycles. The van der Waals surface area contributed by atoms with Gasteiger partial charge in [-0.2, -0.15) is 5.26 Å². The molecule has 0 amide bonds. The molecule has 0 spiro atoms. The van der Waals surface area contributed by atoms with E-state index in [1.54, 1.807) is 12.1 Å². The standard InChI is InChI=1S/C11H14N2O3S/c1-10-3-2-4-11(9-10)16-7-6-13-17(14,15)8-5-12/h2-4,9,13H,6-8H2,1H3. The first-order valence-electron chi connectivity index (χ1n) is 5.07. The summed E-state index contributed by atoms with van der Waals surface area (Å²) in [5.74, 6) is 0.168. The van der Waals surface area contributed by atoms with Crippen LogP contribution in [0.5, 0.6) is 5.75 Å². The number of nitriles is 1. The molecule has 0 radical (unpaired) electrons. The van der Waals surface area contributed by atoms with Crippen molar-refractivity contribution in [3.8, 4) is 11.8 Å². The van der Waals surface area contributed by atoms with Crippen LogP contribution >= 0.6 is 0 Å². The highest BCUT2D eigenvalue weighted by Crippen LogP contribution is 2.11. The Kier molecular flexibility index (Phi) is 4.94. The summed E-state index contributed by atoms with van der Waals surface area (Å²) in [7, 11) is -3.49. The average Bonchev–Trinajstić information content (AvgIpc) is 2.24. The van der Waals surface area contributed by atoms with Crippen molar-refractivity contribution in [1.29, 1.82) is 5.26 Å². The summed E-state index contributed by atoms with van der Waals surface area (Å²) in [6.07, 6.45) is 0. The van der Waals surface area contributed by atoms with Crippen LogP contribution < -0.4 is 9.46 Å². The third-order valence-corrected chi connectivity index (χ3v) is 3.09. The van der Waals surface area contributed by atoms with Gasteiger partial charge in [0.1, 0.15) is 12.4 Å². The van der Waals surface area contributed by atoms with Gasteiger partial charge in [-0.25, -0.2) is 13.1 Å². The molecule has 0 unspecified atom stereocenters. The number of hydrogen-bond donors (Lipinski definition) is 1. The fourth-order valence-electron chi connectivity index (χ4n) is 1.21. The van der Waals surface area contributed by atoms with E-state index >= 15 is 0 Å². The number of sulfonamides is 1. The molecule has 1 rings (SSSR count). The van der Waals surface area contributed by atoms with Crippen molar-refractivity contribution in [3.05, 3.63) is 29.8 Å². The van der Waals surface area contributed by atoms with E-state index in [1.165, 1.54) is 0 Å². The summed E-state index contributed by atoms with van der Waals surface area (Å²) in [6.45, 7) is 2.33. The quantitative estimate of drug-likeness (QED) is 0.762. The normalized spacial score (nSPS) is 10.8. The highest BCUT2D eigenvalue weighted by atomic mass is 32.2. The molecule has 5 nitrogen and oxygen atoms in total. The van der Waals surface area contributed by atoms with Crippen molar-refractivity contribution in [2.24, 2.45) is 0 Å². The number of rotatable bonds is 6. The zero-order valence-electron chi connectivity index (χ0n) is 9.51. The Labute approximate surface area is 101 Å². The Morgan fingerprint density at radius 1 is 1.47 bits per heavy atom. The third kappa shape index (κ3) is 5.33. The highest BCUT2D eigenvalue weighted by Gasteiger charge is 2.07. The second kappa shape index (κ2) is 6.23. The van der Waals surface area contributed by atoms with Gasteiger partial charge in [-0.05, 0) is 24.6 Å². The van der Waals surface area contributed by atoms with E-state index < -0.39 is 15.8 Å². The molecule has 0 aliphatic rings. The van der Waals surface area contributed by atoms with E-state index in [0.29, 0.717) is 5.75 Å². The summed E-state index contributed by atoms with van der Waals surface area (Å²) in [6, 6.07) is 9.06. The first-order chi connectivity index (χ1) is 8.03. The molecule has 1 aromatic carbocycles. The van der Waals surface area contributed by atoms with Crippen LogP contribution in [0.15, 0.2) is 24.3 Å². The zero-order chi connectivity index (χ0) is 12.7. The maximum absolute atomic E-state index is 11.1. The van der Waals surface area contributed by atoms with Gasteiger partial charge in [0, 0.05) is 6.54 Å². The predicted octanol–water partition coefficient (Wildman–Crippen LogP) is 0.817. The number of ether oxygens (including phenoxy) is 1. The van der Waals surface area contributed by atoms with Gasteiger partial charge in [0.2, 0.25) is 10.0 Å². The van der Waals surface area contributed by atoms with Crippen LogP contribution in [0.2, 0.25) is 0 Å². The molecule has 1 N–H and O–H groups in total. The van der Waals surface area contributed by atoms with Crippen LogP contribution in [0.4, 0.5) is 0 Å². The Morgan fingerprint density at radius 3 is 2.88 bits per heavy atom. The molecule has 17 heavy (non-hydrogen) atoms. The van der Waals surface area contributed by atoms with Crippen LogP contribution in [-0.2, 0) is 10.0 Å². The lowest BCUT2D eigenvalue weighted by atomic mass is 10.2. The maximum Gasteiger partial charge on any atom is 0.225 e. The first kappa shape index (κ1) is 13.5. The van der Waals surface area contributed by atoms with E-state index in [9.17, 15) is 8.42 Å². The molecule has 0 heterocycles. The molecule has 0 bridgehead atoms. The predicted molar refractivity (Wildman–Crippen MR) is 64.1 cm³/mol. The van der Waals surface area contributed by atoms with Crippen molar-refractivity contribution in [2.75, 3.05) is 18.9 Å². The smallest absolute Gasteiger partial charge is 0.225 e. The Hall–Kier alpha value is -1.58. The van der Waals surface area contributed by atoms with E-state index in [1.807, 2.05) is 25.1 Å². The van der Waals surface area contributed by atoms with Gasteiger partial charge in [0.25, 0.3) is 0 Å². The van der Waals surface area contributed by atoms with E-state index in [2.05, 4.69) is 4.72 Å². The summed E-state index contributed by atoms with van der Waals surface area (Å²) in [5, 5.41) is 8.27. The van der Waals surface area contributed by atoms with Crippen molar-refractivity contribution in [1.82, 2.24) is 4.72 Å². The maximum atomic E-state index is 11.1. The van der Waals surface area contributed by atoms with Gasteiger partial charge >= 0.3 is 0 Å². The van der Waals surface area contributed by atoms with Gasteiger partial charge in [-0.1, -0.05) is 12.1 Å². The molecule has 0 fully saturated rings. The van der Waals surface area contributed by atoms with Crippen LogP contribution in [-0.4, -0.2) is 27.3 Å². The van der Waals surface area contributed by atoms with E-state index in [-0.39, 0.29) is 13.2 Å². The molecule has 0 atom stereocenters. The van der Waals surface area contributed by atoms with Crippen LogP contribution in [0.1, 0.15) is 5.56 Å². The SMILES string of the molecule is Cc1cccc(OCCNS(=O)(=O)CC#N)c1. The number of aryl methyl sites for hydroxylation is 1. The van der Waals surface area contributed by atoms with Gasteiger partial charge in [0.05, 0.1) is 6.07 Å². The second-order valence-corrected chi connectivity index (χ2v) is 5.28. The fourth-order valence-corrected chi connectivity index (χ4v) is 1.87. The molecule has 6 heteroatoms. The number of nitrogens with zero attached hydrogens (tertiary/aromatic N) is 1. The largest absolute Gasteiger partial charge is 0.492 e. The number of nitrogens with one attached hydrogen (secondary N) is 1. The topological polar surface area (TPSA) is 79.2 Å². The second-order valence-electron chi connectivity index (χ2n) is 3.48. The summed E-state index contributed by atoms with van der Waals surface area (Å²) < 4.78 is 29.8. The highest BCUT2D eigenvalue weighted by molar-refractivity contribution is 7.89. The van der Waals surface area contributed by atoms with Gasteiger partial charge in [-0.3, -0.25) is 0 Å². The lowest BCUT2D eigenvalue weighted by Crippen LogP contribution is -2.29. The average molecular weight is 254 g/mol. The molecule has 0 aliphatic heterocycles. The summed E-state index contributed by atoms with van der Waals surface area (Å²) in [4.78, 5) is 0. The number of benzene rings is 1. The Balaban J connectivity index is 2.32. The third-order valence-electron chi connectivity index (χ3n) is 1.94. The summed E-state index contributed by atoms with van der Waals surface area (Å²) in [5.41, 5.74) is 1.08. The Bertz CT molecular complexity index is 506. The molecule has 0 aromatic heterocycles. The van der Waals surface area contributed by atoms with E-state index in [0.717, 1.165) is 5.56 Å². The molecule has 1 aromatic rings. The molecular formula is C11H14N2O3S. The monoisotopic (exact) mass is 254 g/mol. The lowest BCUT2D eigenvalue weighted by molar-refractivity contribution is 0.322. The van der Waals surface area contributed by atoms with Crippen LogP contribution in [0.3, 0.4) is 0 Å². The van der Waals surface area contributed by atoms with Crippen molar-refractivity contribution < 1.29 is 13.2 Å². The van der Waals surface area contributed by atoms with Crippen LogP contribution in [0, 0.1) is 18.3 Å². The van der Waals surface area contributed by atoms with Crippen molar-refractivity contribution in [3.63, 3.8) is 0 Å². The van der Waals surface area contributed by atoms with Crippen LogP contribution in [0.25, 0.3) is 0 Å². The molecular weight excluding hydrogens is 240 g/mol. The molecule has 0 saturated carbocycles. The van der Waals surface area contributed by atoms with Crippen molar-refractivity contribution in [2.45, 2.75) is 6.92 Å². The minimum Gasteiger partial charge on any atom is -0.492 e.